The van der Waals surface area contributed by atoms with Crippen LogP contribution in [0.5, 0.6) is 5.75 Å². The minimum atomic E-state index is -0.910. The van der Waals surface area contributed by atoms with Gasteiger partial charge in [-0.05, 0) is 44.9 Å². The molecular formula is C16H22FNO3. The zero-order chi connectivity index (χ0) is 15.6. The summed E-state index contributed by atoms with van der Waals surface area (Å²) in [6, 6.07) is 4.34. The highest BCUT2D eigenvalue weighted by molar-refractivity contribution is 5.79. The van der Waals surface area contributed by atoms with Crippen molar-refractivity contribution in [3.05, 3.63) is 29.6 Å². The predicted molar refractivity (Wildman–Crippen MR) is 78.0 cm³/mol. The van der Waals surface area contributed by atoms with Gasteiger partial charge < -0.3 is 9.84 Å². The first-order valence-corrected chi connectivity index (χ1v) is 7.30. The van der Waals surface area contributed by atoms with Gasteiger partial charge in [0.05, 0.1) is 7.11 Å². The number of carboxylic acid groups (broad SMARTS) is 1. The van der Waals surface area contributed by atoms with Crippen molar-refractivity contribution >= 4 is 5.97 Å². The van der Waals surface area contributed by atoms with Crippen LogP contribution in [0.1, 0.15) is 44.7 Å². The lowest BCUT2D eigenvalue weighted by Gasteiger charge is -2.38. The van der Waals surface area contributed by atoms with Gasteiger partial charge >= 0.3 is 5.97 Å². The summed E-state index contributed by atoms with van der Waals surface area (Å²) >= 11 is 0. The summed E-state index contributed by atoms with van der Waals surface area (Å²) in [6.45, 7) is 4.37. The number of halogens is 1. The molecule has 0 bridgehead atoms. The average Bonchev–Trinajstić information content (AvgIpc) is 2.91. The molecule has 2 unspecified atom stereocenters. The molecule has 0 amide bonds. The molecule has 0 spiro atoms. The number of rotatable bonds is 5. The van der Waals surface area contributed by atoms with E-state index in [1.54, 1.807) is 12.1 Å². The predicted octanol–water partition coefficient (Wildman–Crippen LogP) is 3.22. The Bertz CT molecular complexity index is 534. The first kappa shape index (κ1) is 15.8. The van der Waals surface area contributed by atoms with E-state index in [0.29, 0.717) is 30.7 Å². The molecule has 0 aliphatic carbocycles. The first-order valence-electron chi connectivity index (χ1n) is 7.30. The third kappa shape index (κ3) is 2.50. The Kier molecular flexibility index (Phi) is 4.52. The zero-order valence-corrected chi connectivity index (χ0v) is 12.7. The molecule has 2 rings (SSSR count). The highest BCUT2D eigenvalue weighted by atomic mass is 19.1. The van der Waals surface area contributed by atoms with Crippen molar-refractivity contribution in [2.24, 2.45) is 0 Å². The molecule has 21 heavy (non-hydrogen) atoms. The maximum atomic E-state index is 14.2. The molecule has 4 nitrogen and oxygen atoms in total. The summed E-state index contributed by atoms with van der Waals surface area (Å²) in [4.78, 5) is 13.7. The number of ether oxygens (including phenoxy) is 1. The van der Waals surface area contributed by atoms with Gasteiger partial charge in [0.15, 0.2) is 0 Å². The van der Waals surface area contributed by atoms with Crippen molar-refractivity contribution in [3.8, 4) is 5.75 Å². The van der Waals surface area contributed by atoms with Gasteiger partial charge in [-0.3, -0.25) is 9.69 Å². The van der Waals surface area contributed by atoms with Crippen LogP contribution in [-0.4, -0.2) is 35.2 Å². The fourth-order valence-electron chi connectivity index (χ4n) is 3.48. The molecule has 1 aromatic carbocycles. The number of aliphatic carboxylic acids is 1. The van der Waals surface area contributed by atoms with E-state index in [0.717, 1.165) is 6.42 Å². The van der Waals surface area contributed by atoms with Gasteiger partial charge in [0.25, 0.3) is 0 Å². The number of carbonyl (C=O) groups is 1. The second kappa shape index (κ2) is 6.02. The quantitative estimate of drug-likeness (QED) is 0.906. The molecule has 0 radical (unpaired) electrons. The summed E-state index contributed by atoms with van der Waals surface area (Å²) in [6.07, 6.45) is 1.91. The van der Waals surface area contributed by atoms with E-state index < -0.39 is 11.5 Å². The van der Waals surface area contributed by atoms with E-state index >= 15 is 0 Å². The molecule has 1 aliphatic rings. The van der Waals surface area contributed by atoms with Crippen LogP contribution in [0.3, 0.4) is 0 Å². The lowest BCUT2D eigenvalue weighted by atomic mass is 9.90. The molecule has 1 saturated heterocycles. The van der Waals surface area contributed by atoms with E-state index in [4.69, 9.17) is 4.74 Å². The number of methoxy groups -OCH3 is 1. The van der Waals surface area contributed by atoms with Crippen LogP contribution in [0, 0.1) is 5.82 Å². The van der Waals surface area contributed by atoms with Gasteiger partial charge in [-0.15, -0.1) is 0 Å². The van der Waals surface area contributed by atoms with E-state index in [1.165, 1.54) is 13.2 Å². The number of hydrogen-bond acceptors (Lipinski definition) is 3. The Morgan fingerprint density at radius 2 is 2.29 bits per heavy atom. The van der Waals surface area contributed by atoms with Crippen molar-refractivity contribution in [1.29, 1.82) is 0 Å². The van der Waals surface area contributed by atoms with Gasteiger partial charge in [-0.1, -0.05) is 13.0 Å². The largest absolute Gasteiger partial charge is 0.496 e. The summed E-state index contributed by atoms with van der Waals surface area (Å²) in [7, 11) is 1.50. The standard InChI is InChI=1S/C16H22FNO3/c1-4-16(15(19)20)9-6-10-18(16)11(2)14-12(17)7-5-8-13(14)21-3/h5,7-8,11H,4,6,9-10H2,1-3H3,(H,19,20). The van der Waals surface area contributed by atoms with Crippen molar-refractivity contribution in [3.63, 3.8) is 0 Å². The normalized spacial score (nSPS) is 24.0. The van der Waals surface area contributed by atoms with Crippen LogP contribution in [-0.2, 0) is 4.79 Å². The fraction of sp³-hybridized carbons (Fsp3) is 0.562. The van der Waals surface area contributed by atoms with Crippen molar-refractivity contribution in [2.45, 2.75) is 44.7 Å². The lowest BCUT2D eigenvalue weighted by molar-refractivity contribution is -0.151. The van der Waals surface area contributed by atoms with Crippen molar-refractivity contribution < 1.29 is 19.0 Å². The molecule has 0 saturated carbocycles. The van der Waals surface area contributed by atoms with Crippen LogP contribution >= 0.6 is 0 Å². The Labute approximate surface area is 124 Å². The minimum Gasteiger partial charge on any atom is -0.496 e. The molecule has 5 heteroatoms. The number of carboxylic acids is 1. The lowest BCUT2D eigenvalue weighted by Crippen LogP contribution is -2.51. The van der Waals surface area contributed by atoms with Gasteiger partial charge in [0.1, 0.15) is 17.1 Å². The van der Waals surface area contributed by atoms with E-state index in [1.807, 2.05) is 18.7 Å². The summed E-state index contributed by atoms with van der Waals surface area (Å²) in [5.41, 5.74) is -0.479. The smallest absolute Gasteiger partial charge is 0.324 e. The van der Waals surface area contributed by atoms with E-state index in [9.17, 15) is 14.3 Å². The number of nitrogens with zero attached hydrogens (tertiary/aromatic N) is 1. The third-order valence-electron chi connectivity index (χ3n) is 4.64. The van der Waals surface area contributed by atoms with Crippen molar-refractivity contribution in [2.75, 3.05) is 13.7 Å². The van der Waals surface area contributed by atoms with Crippen LogP contribution in [0.15, 0.2) is 18.2 Å². The minimum absolute atomic E-state index is 0.348. The summed E-state index contributed by atoms with van der Waals surface area (Å²) in [5.74, 6) is -0.724. The first-order chi connectivity index (χ1) is 9.97. The van der Waals surface area contributed by atoms with Crippen LogP contribution in [0.4, 0.5) is 4.39 Å². The highest BCUT2D eigenvalue weighted by Gasteiger charge is 2.48. The molecule has 0 aromatic heterocycles. The third-order valence-corrected chi connectivity index (χ3v) is 4.64. The molecule has 116 valence electrons. The average molecular weight is 295 g/mol. The number of benzene rings is 1. The van der Waals surface area contributed by atoms with E-state index in [-0.39, 0.29) is 11.9 Å². The zero-order valence-electron chi connectivity index (χ0n) is 12.7. The molecule has 1 aromatic rings. The second-order valence-corrected chi connectivity index (χ2v) is 5.52. The molecule has 2 atom stereocenters. The highest BCUT2D eigenvalue weighted by Crippen LogP contribution is 2.42. The SMILES string of the molecule is CCC1(C(=O)O)CCCN1C(C)c1c(F)cccc1OC. The van der Waals surface area contributed by atoms with Crippen molar-refractivity contribution in [1.82, 2.24) is 4.90 Å². The maximum Gasteiger partial charge on any atom is 0.324 e. The monoisotopic (exact) mass is 295 g/mol. The molecule has 1 heterocycles. The van der Waals surface area contributed by atoms with Crippen LogP contribution in [0.2, 0.25) is 0 Å². The second-order valence-electron chi connectivity index (χ2n) is 5.52. The molecule has 1 N–H and O–H groups in total. The van der Waals surface area contributed by atoms with E-state index in [2.05, 4.69) is 0 Å². The topological polar surface area (TPSA) is 49.8 Å². The van der Waals surface area contributed by atoms with Gasteiger partial charge in [0.2, 0.25) is 0 Å². The maximum absolute atomic E-state index is 14.2. The Morgan fingerprint density at radius 1 is 1.57 bits per heavy atom. The fourth-order valence-corrected chi connectivity index (χ4v) is 3.48. The van der Waals surface area contributed by atoms with Gasteiger partial charge in [-0.25, -0.2) is 4.39 Å². The number of hydrogen-bond donors (Lipinski definition) is 1. The van der Waals surface area contributed by atoms with Gasteiger partial charge in [0, 0.05) is 11.6 Å². The number of likely N-dealkylation sites (tertiary alicyclic amines) is 1. The Morgan fingerprint density at radius 3 is 2.86 bits per heavy atom. The van der Waals surface area contributed by atoms with Crippen LogP contribution < -0.4 is 4.74 Å². The Hall–Kier alpha value is -1.62. The Balaban J connectivity index is 2.44. The van der Waals surface area contributed by atoms with Gasteiger partial charge in [-0.2, -0.15) is 0 Å². The molecular weight excluding hydrogens is 273 g/mol. The van der Waals surface area contributed by atoms with Crippen LogP contribution in [0.25, 0.3) is 0 Å². The molecule has 1 aliphatic heterocycles. The molecule has 1 fully saturated rings. The summed E-state index contributed by atoms with van der Waals surface area (Å²) in [5, 5.41) is 9.66. The summed E-state index contributed by atoms with van der Waals surface area (Å²) < 4.78 is 19.5.